The number of carbonyl (C=O) groups is 1. The topological polar surface area (TPSA) is 59.0 Å². The number of hydrogen-bond donors (Lipinski definition) is 1. The lowest BCUT2D eigenvalue weighted by molar-refractivity contribution is -0.148. The van der Waals surface area contributed by atoms with Gasteiger partial charge in [-0.15, -0.1) is 0 Å². The lowest BCUT2D eigenvalue weighted by Gasteiger charge is -2.49. The number of benzene rings is 1. The van der Waals surface area contributed by atoms with Crippen LogP contribution in [0.15, 0.2) is 12.1 Å². The highest BCUT2D eigenvalue weighted by molar-refractivity contribution is 5.89. The average Bonchev–Trinajstić information content (AvgIpc) is 2.95. The number of fused-ring (bicyclic) bond motifs is 3. The van der Waals surface area contributed by atoms with Gasteiger partial charge in [0.2, 0.25) is 0 Å². The van der Waals surface area contributed by atoms with Gasteiger partial charge in [-0.2, -0.15) is 0 Å². The van der Waals surface area contributed by atoms with E-state index in [4.69, 9.17) is 9.47 Å². The third-order valence-electron chi connectivity index (χ3n) is 6.22. The minimum Gasteiger partial charge on any atom is -0.493 e. The lowest BCUT2D eigenvalue weighted by atomic mass is 9.57. The van der Waals surface area contributed by atoms with Gasteiger partial charge in [0, 0.05) is 12.0 Å². The van der Waals surface area contributed by atoms with Crippen LogP contribution in [0.2, 0.25) is 0 Å². The summed E-state index contributed by atoms with van der Waals surface area (Å²) < 4.78 is 11.7. The highest BCUT2D eigenvalue weighted by Crippen LogP contribution is 2.59. The predicted octanol–water partition coefficient (Wildman–Crippen LogP) is 2.46. The van der Waals surface area contributed by atoms with Crippen LogP contribution in [-0.2, 0) is 10.2 Å². The van der Waals surface area contributed by atoms with Gasteiger partial charge >= 0.3 is 0 Å². The fourth-order valence-electron chi connectivity index (χ4n) is 4.51. The summed E-state index contributed by atoms with van der Waals surface area (Å²) >= 11 is 0. The SMILES string of the molecule is CCN(C)CC[C@]12c3c(C)ccc(OC)c3O[C@H]1C(=O)CC[C@]2(C)O. The molecule has 25 heavy (non-hydrogen) atoms. The molecule has 1 heterocycles. The van der Waals surface area contributed by atoms with Crippen LogP contribution in [0.5, 0.6) is 11.5 Å². The minimum absolute atomic E-state index is 0.0725. The summed E-state index contributed by atoms with van der Waals surface area (Å²) in [5, 5.41) is 11.4. The first kappa shape index (κ1) is 18.2. The molecule has 3 rings (SSSR count). The van der Waals surface area contributed by atoms with E-state index in [0.717, 1.165) is 24.2 Å². The second kappa shape index (κ2) is 6.29. The van der Waals surface area contributed by atoms with Gasteiger partial charge < -0.3 is 19.5 Å². The molecule has 0 unspecified atom stereocenters. The van der Waals surface area contributed by atoms with Crippen molar-refractivity contribution in [2.24, 2.45) is 0 Å². The van der Waals surface area contributed by atoms with Crippen LogP contribution in [0.1, 0.15) is 44.2 Å². The largest absolute Gasteiger partial charge is 0.493 e. The third kappa shape index (κ3) is 2.56. The first-order chi connectivity index (χ1) is 11.8. The second-order valence-corrected chi connectivity index (χ2v) is 7.64. The average molecular weight is 347 g/mol. The van der Waals surface area contributed by atoms with Gasteiger partial charge in [-0.1, -0.05) is 13.0 Å². The quantitative estimate of drug-likeness (QED) is 0.887. The molecule has 1 aliphatic carbocycles. The van der Waals surface area contributed by atoms with Crippen molar-refractivity contribution in [1.29, 1.82) is 0 Å². The van der Waals surface area contributed by atoms with E-state index in [0.29, 0.717) is 30.8 Å². The van der Waals surface area contributed by atoms with Crippen molar-refractivity contribution < 1.29 is 19.4 Å². The van der Waals surface area contributed by atoms with E-state index < -0.39 is 17.1 Å². The molecule has 0 radical (unpaired) electrons. The molecule has 1 fully saturated rings. The maximum atomic E-state index is 12.8. The second-order valence-electron chi connectivity index (χ2n) is 7.64. The Hall–Kier alpha value is -1.59. The summed E-state index contributed by atoms with van der Waals surface area (Å²) in [4.78, 5) is 15.0. The first-order valence-electron chi connectivity index (χ1n) is 9.07. The summed E-state index contributed by atoms with van der Waals surface area (Å²) in [7, 11) is 3.66. The molecule has 5 nitrogen and oxygen atoms in total. The van der Waals surface area contributed by atoms with Gasteiger partial charge in [-0.25, -0.2) is 0 Å². The Balaban J connectivity index is 2.21. The standard InChI is InChI=1S/C20H29NO4/c1-6-21(4)12-11-20-16-13(2)7-8-15(24-5)17(16)25-18(20)14(22)9-10-19(20,3)23/h7-8,18,23H,6,9-12H2,1-5H3/t18-,19-,20-/m0/s1. The fraction of sp³-hybridized carbons (Fsp3) is 0.650. The Bertz CT molecular complexity index is 685. The molecule has 1 aliphatic heterocycles. The molecule has 0 saturated heterocycles. The third-order valence-corrected chi connectivity index (χ3v) is 6.22. The molecular formula is C20H29NO4. The van der Waals surface area contributed by atoms with Crippen LogP contribution in [-0.4, -0.2) is 54.7 Å². The summed E-state index contributed by atoms with van der Waals surface area (Å²) in [5.41, 5.74) is 0.231. The van der Waals surface area contributed by atoms with E-state index >= 15 is 0 Å². The summed E-state index contributed by atoms with van der Waals surface area (Å²) in [6, 6.07) is 3.86. The molecule has 1 N–H and O–H groups in total. The number of Topliss-reactive ketones (excluding diaryl/α,β-unsaturated/α-hetero) is 1. The maximum Gasteiger partial charge on any atom is 0.174 e. The Kier molecular flexibility index (Phi) is 4.58. The Morgan fingerprint density at radius 1 is 1.44 bits per heavy atom. The lowest BCUT2D eigenvalue weighted by Crippen LogP contribution is -2.62. The van der Waals surface area contributed by atoms with Crippen LogP contribution in [0, 0.1) is 6.92 Å². The van der Waals surface area contributed by atoms with Crippen LogP contribution in [0.3, 0.4) is 0 Å². The van der Waals surface area contributed by atoms with E-state index in [2.05, 4.69) is 18.9 Å². The number of nitrogens with zero attached hydrogens (tertiary/aromatic N) is 1. The Morgan fingerprint density at radius 2 is 2.16 bits per heavy atom. The van der Waals surface area contributed by atoms with Crippen LogP contribution < -0.4 is 9.47 Å². The van der Waals surface area contributed by atoms with Crippen molar-refractivity contribution in [2.75, 3.05) is 27.2 Å². The molecule has 1 aromatic carbocycles. The molecule has 1 aromatic rings. The molecule has 1 saturated carbocycles. The molecule has 3 atom stereocenters. The monoisotopic (exact) mass is 347 g/mol. The van der Waals surface area contributed by atoms with E-state index in [1.165, 1.54) is 0 Å². The van der Waals surface area contributed by atoms with E-state index in [-0.39, 0.29) is 5.78 Å². The minimum atomic E-state index is -1.01. The van der Waals surface area contributed by atoms with Gasteiger partial charge in [0.25, 0.3) is 0 Å². The predicted molar refractivity (Wildman–Crippen MR) is 96.5 cm³/mol. The molecule has 0 aromatic heterocycles. The van der Waals surface area contributed by atoms with Crippen LogP contribution in [0.25, 0.3) is 0 Å². The van der Waals surface area contributed by atoms with E-state index in [9.17, 15) is 9.90 Å². The number of ether oxygens (including phenoxy) is 2. The van der Waals surface area contributed by atoms with Crippen LogP contribution in [0.4, 0.5) is 0 Å². The molecule has 0 amide bonds. The molecule has 5 heteroatoms. The van der Waals surface area contributed by atoms with Crippen molar-refractivity contribution in [3.8, 4) is 11.5 Å². The van der Waals surface area contributed by atoms with Crippen molar-refractivity contribution >= 4 is 5.78 Å². The molecule has 0 spiro atoms. The number of methoxy groups -OCH3 is 1. The van der Waals surface area contributed by atoms with Gasteiger partial charge in [0.05, 0.1) is 18.1 Å². The number of rotatable bonds is 5. The van der Waals surface area contributed by atoms with E-state index in [1.807, 2.05) is 26.0 Å². The van der Waals surface area contributed by atoms with Crippen LogP contribution >= 0.6 is 0 Å². The zero-order valence-electron chi connectivity index (χ0n) is 15.9. The number of hydrogen-bond acceptors (Lipinski definition) is 5. The highest BCUT2D eigenvalue weighted by Gasteiger charge is 2.64. The fourth-order valence-corrected chi connectivity index (χ4v) is 4.51. The van der Waals surface area contributed by atoms with Crippen molar-refractivity contribution in [2.45, 2.75) is 57.2 Å². The zero-order valence-corrected chi connectivity index (χ0v) is 15.9. The molecule has 2 aliphatic rings. The smallest absolute Gasteiger partial charge is 0.174 e. The molecule has 138 valence electrons. The normalized spacial score (nSPS) is 30.8. The molecular weight excluding hydrogens is 318 g/mol. The van der Waals surface area contributed by atoms with Gasteiger partial charge in [0.15, 0.2) is 23.4 Å². The summed E-state index contributed by atoms with van der Waals surface area (Å²) in [5.74, 6) is 1.33. The van der Waals surface area contributed by atoms with E-state index in [1.54, 1.807) is 7.11 Å². The summed E-state index contributed by atoms with van der Waals surface area (Å²) in [6.07, 6.45) is 0.823. The number of ketones is 1. The van der Waals surface area contributed by atoms with Crippen molar-refractivity contribution in [3.63, 3.8) is 0 Å². The number of aryl methyl sites for hydroxylation is 1. The number of carbonyl (C=O) groups excluding carboxylic acids is 1. The Morgan fingerprint density at radius 3 is 2.80 bits per heavy atom. The van der Waals surface area contributed by atoms with Crippen molar-refractivity contribution in [1.82, 2.24) is 4.90 Å². The van der Waals surface area contributed by atoms with Gasteiger partial charge in [0.1, 0.15) is 0 Å². The summed E-state index contributed by atoms with van der Waals surface area (Å²) in [6.45, 7) is 7.68. The van der Waals surface area contributed by atoms with Gasteiger partial charge in [-0.3, -0.25) is 4.79 Å². The maximum absolute atomic E-state index is 12.8. The molecule has 0 bridgehead atoms. The zero-order chi connectivity index (χ0) is 18.4. The Labute approximate surface area is 149 Å². The highest BCUT2D eigenvalue weighted by atomic mass is 16.5. The van der Waals surface area contributed by atoms with Crippen molar-refractivity contribution in [3.05, 3.63) is 23.3 Å². The first-order valence-corrected chi connectivity index (χ1v) is 9.07. The van der Waals surface area contributed by atoms with Gasteiger partial charge in [-0.05, 0) is 58.5 Å². The number of aliphatic hydroxyl groups is 1.